The summed E-state index contributed by atoms with van der Waals surface area (Å²) >= 11 is 0. The average Bonchev–Trinajstić information content (AvgIpc) is 2.85. The van der Waals surface area contributed by atoms with Gasteiger partial charge in [-0.2, -0.15) is 5.26 Å². The number of carbonyl (C=O) groups is 1. The summed E-state index contributed by atoms with van der Waals surface area (Å²) in [6.07, 6.45) is 5.57. The number of carbonyl (C=O) groups excluding carboxylic acids is 1. The van der Waals surface area contributed by atoms with Crippen molar-refractivity contribution in [2.45, 2.75) is 0 Å². The molecular weight excluding hydrogens is 432 g/mol. The van der Waals surface area contributed by atoms with Gasteiger partial charge >= 0.3 is 5.97 Å². The lowest BCUT2D eigenvalue weighted by molar-refractivity contribution is -0.140. The van der Waals surface area contributed by atoms with Crippen LogP contribution in [0.2, 0.25) is 0 Å². The van der Waals surface area contributed by atoms with Crippen LogP contribution in [-0.4, -0.2) is 66.8 Å². The summed E-state index contributed by atoms with van der Waals surface area (Å²) in [5, 5.41) is 9.33. The monoisotopic (exact) mass is 464 g/mol. The highest BCUT2D eigenvalue weighted by molar-refractivity contribution is 5.97. The first kappa shape index (κ1) is 26.8. The van der Waals surface area contributed by atoms with Crippen LogP contribution < -0.4 is 4.90 Å². The number of methoxy groups -OCH3 is 1. The number of benzene rings is 2. The molecule has 0 heterocycles. The SMILES string of the molecule is COCCOCCOCCOC(=O)/C(C#N)=C/c1ccc(/C=C/c2ccc(N(C)C)cc2)cc1. The Labute approximate surface area is 201 Å². The fraction of sp³-hybridized carbons (Fsp3) is 0.333. The van der Waals surface area contributed by atoms with E-state index in [1.807, 2.05) is 56.6 Å². The van der Waals surface area contributed by atoms with E-state index >= 15 is 0 Å². The Morgan fingerprint density at radius 2 is 1.32 bits per heavy atom. The molecule has 0 atom stereocenters. The predicted octanol–water partition coefficient (Wildman–Crippen LogP) is 4.05. The molecule has 0 aromatic heterocycles. The maximum absolute atomic E-state index is 12.2. The molecule has 2 aromatic carbocycles. The van der Waals surface area contributed by atoms with E-state index in [0.29, 0.717) is 26.4 Å². The van der Waals surface area contributed by atoms with E-state index in [1.54, 1.807) is 7.11 Å². The molecule has 2 aromatic rings. The number of esters is 1. The molecule has 7 heteroatoms. The third-order valence-corrected chi connectivity index (χ3v) is 4.73. The molecule has 34 heavy (non-hydrogen) atoms. The van der Waals surface area contributed by atoms with Gasteiger partial charge in [-0.3, -0.25) is 0 Å². The summed E-state index contributed by atoms with van der Waals surface area (Å²) in [5.74, 6) is -0.674. The smallest absolute Gasteiger partial charge is 0.348 e. The van der Waals surface area contributed by atoms with Crippen LogP contribution in [0.1, 0.15) is 16.7 Å². The maximum atomic E-state index is 12.2. The van der Waals surface area contributed by atoms with Crippen molar-refractivity contribution in [2.24, 2.45) is 0 Å². The van der Waals surface area contributed by atoms with Gasteiger partial charge in [-0.15, -0.1) is 0 Å². The first-order valence-electron chi connectivity index (χ1n) is 11.0. The minimum absolute atomic E-state index is 0.0628. The summed E-state index contributed by atoms with van der Waals surface area (Å²) in [4.78, 5) is 14.2. The van der Waals surface area contributed by atoms with Crippen LogP contribution in [0.4, 0.5) is 5.69 Å². The van der Waals surface area contributed by atoms with E-state index in [-0.39, 0.29) is 18.8 Å². The standard InChI is InChI=1S/C27H32N2O5/c1-29(2)26-12-10-23(11-13-26)5-4-22-6-8-24(9-7-22)20-25(21-28)27(30)34-19-18-33-17-16-32-15-14-31-3/h4-13,20H,14-19H2,1-3H3/b5-4+,25-20+. The second kappa shape index (κ2) is 15.4. The van der Waals surface area contributed by atoms with E-state index in [9.17, 15) is 10.1 Å². The molecule has 0 aliphatic rings. The van der Waals surface area contributed by atoms with Crippen molar-refractivity contribution in [1.82, 2.24) is 0 Å². The molecule has 0 fully saturated rings. The van der Waals surface area contributed by atoms with E-state index in [2.05, 4.69) is 29.2 Å². The zero-order chi connectivity index (χ0) is 24.6. The third-order valence-electron chi connectivity index (χ3n) is 4.73. The number of rotatable bonds is 14. The van der Waals surface area contributed by atoms with Crippen LogP contribution >= 0.6 is 0 Å². The summed E-state index contributed by atoms with van der Waals surface area (Å²) < 4.78 is 20.6. The molecule has 0 N–H and O–H groups in total. The molecule has 0 bridgehead atoms. The average molecular weight is 465 g/mol. The molecular formula is C27H32N2O5. The Balaban J connectivity index is 1.80. The lowest BCUT2D eigenvalue weighted by atomic mass is 10.1. The van der Waals surface area contributed by atoms with Crippen LogP contribution in [0.25, 0.3) is 18.2 Å². The van der Waals surface area contributed by atoms with Crippen LogP contribution in [0, 0.1) is 11.3 Å². The minimum atomic E-state index is -0.674. The van der Waals surface area contributed by atoms with Crippen LogP contribution in [0.3, 0.4) is 0 Å². The van der Waals surface area contributed by atoms with Crippen LogP contribution in [-0.2, 0) is 23.7 Å². The van der Waals surface area contributed by atoms with E-state index in [1.165, 1.54) is 6.08 Å². The number of anilines is 1. The Morgan fingerprint density at radius 1 is 0.824 bits per heavy atom. The van der Waals surface area contributed by atoms with Gasteiger partial charge in [-0.25, -0.2) is 4.79 Å². The number of nitriles is 1. The molecule has 0 saturated heterocycles. The van der Waals surface area contributed by atoms with Crippen LogP contribution in [0.15, 0.2) is 54.1 Å². The molecule has 0 aliphatic heterocycles. The Bertz CT molecular complexity index is 974. The maximum Gasteiger partial charge on any atom is 0.348 e. The number of hydrogen-bond acceptors (Lipinski definition) is 7. The van der Waals surface area contributed by atoms with Crippen molar-refractivity contribution < 1.29 is 23.7 Å². The van der Waals surface area contributed by atoms with Crippen molar-refractivity contribution >= 4 is 29.9 Å². The molecule has 0 saturated carbocycles. The van der Waals surface area contributed by atoms with Gasteiger partial charge in [-0.1, -0.05) is 48.6 Å². The molecule has 0 amide bonds. The summed E-state index contributed by atoms with van der Waals surface area (Å²) in [6, 6.07) is 17.7. The largest absolute Gasteiger partial charge is 0.459 e. The predicted molar refractivity (Wildman–Crippen MR) is 134 cm³/mol. The van der Waals surface area contributed by atoms with E-state index in [4.69, 9.17) is 18.9 Å². The molecule has 0 radical (unpaired) electrons. The van der Waals surface area contributed by atoms with E-state index in [0.717, 1.165) is 22.4 Å². The first-order valence-corrected chi connectivity index (χ1v) is 11.0. The Hall–Kier alpha value is -3.44. The molecule has 0 aliphatic carbocycles. The zero-order valence-corrected chi connectivity index (χ0v) is 20.0. The quantitative estimate of drug-likeness (QED) is 0.137. The Kier molecular flexibility index (Phi) is 12.1. The van der Waals surface area contributed by atoms with Gasteiger partial charge in [0.15, 0.2) is 0 Å². The van der Waals surface area contributed by atoms with Gasteiger partial charge in [0.2, 0.25) is 0 Å². The molecule has 180 valence electrons. The van der Waals surface area contributed by atoms with Gasteiger partial charge in [0.1, 0.15) is 18.2 Å². The number of hydrogen-bond donors (Lipinski definition) is 0. The lowest BCUT2D eigenvalue weighted by Crippen LogP contribution is -2.14. The van der Waals surface area contributed by atoms with Gasteiger partial charge in [0.25, 0.3) is 0 Å². The summed E-state index contributed by atoms with van der Waals surface area (Å²) in [6.45, 7) is 2.17. The van der Waals surface area contributed by atoms with Crippen molar-refractivity contribution in [2.75, 3.05) is 65.7 Å². The highest BCUT2D eigenvalue weighted by Gasteiger charge is 2.10. The summed E-state index contributed by atoms with van der Waals surface area (Å²) in [5.41, 5.74) is 3.94. The Morgan fingerprint density at radius 3 is 1.85 bits per heavy atom. The molecule has 0 spiro atoms. The zero-order valence-electron chi connectivity index (χ0n) is 20.0. The van der Waals surface area contributed by atoms with E-state index < -0.39 is 5.97 Å². The van der Waals surface area contributed by atoms with Crippen molar-refractivity contribution in [3.8, 4) is 6.07 Å². The second-order valence-electron chi connectivity index (χ2n) is 7.51. The minimum Gasteiger partial charge on any atom is -0.459 e. The summed E-state index contributed by atoms with van der Waals surface area (Å²) in [7, 11) is 5.63. The lowest BCUT2D eigenvalue weighted by Gasteiger charge is -2.11. The molecule has 0 unspecified atom stereocenters. The highest BCUT2D eigenvalue weighted by atomic mass is 16.6. The highest BCUT2D eigenvalue weighted by Crippen LogP contribution is 2.16. The van der Waals surface area contributed by atoms with Gasteiger partial charge in [0, 0.05) is 26.9 Å². The van der Waals surface area contributed by atoms with Crippen molar-refractivity contribution in [3.63, 3.8) is 0 Å². The normalized spacial score (nSPS) is 11.4. The number of nitrogens with zero attached hydrogens (tertiary/aromatic N) is 2. The van der Waals surface area contributed by atoms with Crippen molar-refractivity contribution in [1.29, 1.82) is 5.26 Å². The second-order valence-corrected chi connectivity index (χ2v) is 7.51. The fourth-order valence-electron chi connectivity index (χ4n) is 2.82. The first-order chi connectivity index (χ1) is 16.5. The number of ether oxygens (including phenoxy) is 4. The topological polar surface area (TPSA) is 81.0 Å². The fourth-order valence-corrected chi connectivity index (χ4v) is 2.82. The van der Waals surface area contributed by atoms with Gasteiger partial charge < -0.3 is 23.8 Å². The van der Waals surface area contributed by atoms with Gasteiger partial charge in [0.05, 0.1) is 33.0 Å². The molecule has 2 rings (SSSR count). The third kappa shape index (κ3) is 10.0. The van der Waals surface area contributed by atoms with Crippen molar-refractivity contribution in [3.05, 3.63) is 70.8 Å². The van der Waals surface area contributed by atoms with Gasteiger partial charge in [-0.05, 0) is 34.9 Å². The molecule has 7 nitrogen and oxygen atoms in total. The van der Waals surface area contributed by atoms with Crippen LogP contribution in [0.5, 0.6) is 0 Å².